The van der Waals surface area contributed by atoms with Crippen LogP contribution in [-0.4, -0.2) is 33.5 Å². The topological polar surface area (TPSA) is 100 Å². The van der Waals surface area contributed by atoms with Gasteiger partial charge >= 0.3 is 5.97 Å². The fourth-order valence-electron chi connectivity index (χ4n) is 2.15. The molecular weight excluding hydrogens is 348 g/mol. The summed E-state index contributed by atoms with van der Waals surface area (Å²) in [6, 6.07) is 6.75. The third-order valence-electron chi connectivity index (χ3n) is 3.23. The number of thioether (sulfide) groups is 1. The van der Waals surface area contributed by atoms with Crippen molar-refractivity contribution in [1.82, 2.24) is 4.98 Å². The Bertz CT molecular complexity index is 813. The van der Waals surface area contributed by atoms with Gasteiger partial charge < -0.3 is 9.84 Å². The molecule has 1 aliphatic rings. The normalized spacial score (nSPS) is 19.0. The van der Waals surface area contributed by atoms with Gasteiger partial charge in [0.15, 0.2) is 12.4 Å². The predicted molar refractivity (Wildman–Crippen MR) is 92.7 cm³/mol. The molecule has 1 saturated heterocycles. The molecule has 1 unspecified atom stereocenters. The number of Topliss-reactive ketones (excluding diaryl/α,β-unsaturated/α-hetero) is 1. The average Bonchev–Trinajstić information content (AvgIpc) is 3.15. The zero-order valence-electron chi connectivity index (χ0n) is 12.3. The first-order valence-electron chi connectivity index (χ1n) is 6.91. The lowest BCUT2D eigenvalue weighted by atomic mass is 10.1. The van der Waals surface area contributed by atoms with Gasteiger partial charge in [0.2, 0.25) is 0 Å². The first-order chi connectivity index (χ1) is 11.5. The summed E-state index contributed by atoms with van der Waals surface area (Å²) >= 11 is 2.51. The van der Waals surface area contributed by atoms with E-state index in [0.29, 0.717) is 15.7 Å². The van der Waals surface area contributed by atoms with E-state index >= 15 is 0 Å². The number of carbonyl (C=O) groups excluding carboxylic acids is 1. The number of carbonyl (C=O) groups is 2. The zero-order chi connectivity index (χ0) is 17.1. The van der Waals surface area contributed by atoms with Gasteiger partial charge in [-0.2, -0.15) is 0 Å². The molecule has 2 aromatic rings. The van der Waals surface area contributed by atoms with Gasteiger partial charge in [-0.05, 0) is 23.8 Å². The van der Waals surface area contributed by atoms with Crippen LogP contribution in [0.1, 0.15) is 16.5 Å². The largest absolute Gasteiger partial charge is 0.482 e. The lowest BCUT2D eigenvalue weighted by Gasteiger charge is -2.03. The molecule has 0 amide bonds. The lowest BCUT2D eigenvalue weighted by molar-refractivity contribution is -0.139. The Kier molecular flexibility index (Phi) is 4.77. The van der Waals surface area contributed by atoms with Gasteiger partial charge in [0.05, 0.1) is 9.95 Å². The number of thiazole rings is 1. The Morgan fingerprint density at radius 2 is 2.12 bits per heavy atom. The summed E-state index contributed by atoms with van der Waals surface area (Å²) in [4.78, 5) is 27.6. The summed E-state index contributed by atoms with van der Waals surface area (Å²) in [7, 11) is 0. The molecule has 3 rings (SSSR count). The molecule has 1 aliphatic heterocycles. The zero-order valence-corrected chi connectivity index (χ0v) is 13.9. The minimum absolute atomic E-state index is 0.119. The standard InChI is InChI=1S/C16H12N2O4S2/c17-15-13(16-18-5-6-23-16)14(21)11(24-15)7-9-1-3-10(4-2-9)22-8-12(19)20/h1-7,13,17H,8H2,(H,19,20). The quantitative estimate of drug-likeness (QED) is 0.795. The van der Waals surface area contributed by atoms with Crippen LogP contribution in [0.3, 0.4) is 0 Å². The van der Waals surface area contributed by atoms with E-state index in [1.807, 2.05) is 0 Å². The van der Waals surface area contributed by atoms with Crippen LogP contribution >= 0.6 is 23.1 Å². The highest BCUT2D eigenvalue weighted by Crippen LogP contribution is 2.41. The maximum absolute atomic E-state index is 12.5. The van der Waals surface area contributed by atoms with E-state index in [4.69, 9.17) is 15.3 Å². The molecule has 0 saturated carbocycles. The Hall–Kier alpha value is -2.45. The number of hydrogen-bond acceptors (Lipinski definition) is 7. The number of hydrogen-bond donors (Lipinski definition) is 2. The molecule has 8 heteroatoms. The first kappa shape index (κ1) is 16.4. The van der Waals surface area contributed by atoms with Gasteiger partial charge in [-0.3, -0.25) is 10.2 Å². The highest BCUT2D eigenvalue weighted by atomic mass is 32.2. The van der Waals surface area contributed by atoms with Crippen molar-refractivity contribution in [3.63, 3.8) is 0 Å². The number of aliphatic carboxylic acids is 1. The van der Waals surface area contributed by atoms with E-state index in [-0.39, 0.29) is 10.8 Å². The second kappa shape index (κ2) is 6.98. The minimum atomic E-state index is -1.04. The summed E-state index contributed by atoms with van der Waals surface area (Å²) in [5, 5.41) is 19.3. The van der Waals surface area contributed by atoms with Crippen LogP contribution < -0.4 is 4.74 Å². The molecule has 122 valence electrons. The van der Waals surface area contributed by atoms with E-state index in [0.717, 1.165) is 17.3 Å². The maximum Gasteiger partial charge on any atom is 0.341 e. The van der Waals surface area contributed by atoms with Crippen molar-refractivity contribution < 1.29 is 19.4 Å². The monoisotopic (exact) mass is 360 g/mol. The highest BCUT2D eigenvalue weighted by Gasteiger charge is 2.38. The number of nitrogens with zero attached hydrogens (tertiary/aromatic N) is 1. The number of aromatic nitrogens is 1. The van der Waals surface area contributed by atoms with Gasteiger partial charge in [-0.25, -0.2) is 9.78 Å². The summed E-state index contributed by atoms with van der Waals surface area (Å²) in [5.74, 6) is -1.31. The summed E-state index contributed by atoms with van der Waals surface area (Å²) in [6.45, 7) is -0.401. The second-order valence-electron chi connectivity index (χ2n) is 4.89. The molecule has 0 spiro atoms. The molecule has 1 atom stereocenters. The van der Waals surface area contributed by atoms with Gasteiger partial charge in [-0.15, -0.1) is 11.3 Å². The van der Waals surface area contributed by atoms with Crippen molar-refractivity contribution in [3.8, 4) is 5.75 Å². The SMILES string of the molecule is N=C1SC(=Cc2ccc(OCC(=O)O)cc2)C(=O)C1c1nccs1. The van der Waals surface area contributed by atoms with Crippen LogP contribution in [0.15, 0.2) is 40.7 Å². The molecule has 2 heterocycles. The van der Waals surface area contributed by atoms with Crippen molar-refractivity contribution in [3.05, 3.63) is 51.3 Å². The van der Waals surface area contributed by atoms with E-state index in [1.54, 1.807) is 41.9 Å². The number of carboxylic acids is 1. The van der Waals surface area contributed by atoms with E-state index in [9.17, 15) is 9.59 Å². The third-order valence-corrected chi connectivity index (χ3v) is 5.06. The fourth-order valence-corrected chi connectivity index (χ4v) is 3.95. The van der Waals surface area contributed by atoms with E-state index in [2.05, 4.69) is 4.98 Å². The van der Waals surface area contributed by atoms with Crippen LogP contribution in [0, 0.1) is 5.41 Å². The molecule has 1 aromatic carbocycles. The summed E-state index contributed by atoms with van der Waals surface area (Å²) in [5.41, 5.74) is 0.779. The van der Waals surface area contributed by atoms with Gasteiger partial charge in [0, 0.05) is 11.6 Å². The predicted octanol–water partition coefficient (Wildman–Crippen LogP) is 3.02. The van der Waals surface area contributed by atoms with Crippen molar-refractivity contribution in [2.45, 2.75) is 5.92 Å². The molecule has 2 N–H and O–H groups in total. The van der Waals surface area contributed by atoms with Crippen molar-refractivity contribution in [2.75, 3.05) is 6.61 Å². The summed E-state index contributed by atoms with van der Waals surface area (Å²) in [6.07, 6.45) is 3.35. The molecule has 6 nitrogen and oxygen atoms in total. The molecule has 0 radical (unpaired) electrons. The first-order valence-corrected chi connectivity index (χ1v) is 8.60. The van der Waals surface area contributed by atoms with Crippen LogP contribution in [0.5, 0.6) is 5.75 Å². The number of ether oxygens (including phenoxy) is 1. The molecule has 1 fully saturated rings. The van der Waals surface area contributed by atoms with Gasteiger partial charge in [-0.1, -0.05) is 23.9 Å². The Morgan fingerprint density at radius 1 is 1.38 bits per heavy atom. The van der Waals surface area contributed by atoms with Crippen LogP contribution in [0.2, 0.25) is 0 Å². The molecule has 24 heavy (non-hydrogen) atoms. The number of allylic oxidation sites excluding steroid dienone is 1. The van der Waals surface area contributed by atoms with Crippen molar-refractivity contribution >= 4 is 46.0 Å². The Morgan fingerprint density at radius 3 is 2.75 bits per heavy atom. The Labute approximate surface area is 145 Å². The molecular formula is C16H12N2O4S2. The lowest BCUT2D eigenvalue weighted by Crippen LogP contribution is -2.11. The van der Waals surface area contributed by atoms with Gasteiger partial charge in [0.25, 0.3) is 0 Å². The summed E-state index contributed by atoms with van der Waals surface area (Å²) < 4.78 is 5.06. The van der Waals surface area contributed by atoms with Crippen LogP contribution in [-0.2, 0) is 9.59 Å². The number of benzene rings is 1. The van der Waals surface area contributed by atoms with Crippen molar-refractivity contribution in [1.29, 1.82) is 5.41 Å². The smallest absolute Gasteiger partial charge is 0.341 e. The second-order valence-corrected chi connectivity index (χ2v) is 6.90. The van der Waals surface area contributed by atoms with E-state index < -0.39 is 18.5 Å². The highest BCUT2D eigenvalue weighted by molar-refractivity contribution is 8.19. The molecule has 0 aliphatic carbocycles. The number of rotatable bonds is 5. The Balaban J connectivity index is 1.76. The number of carboxylic acid groups (broad SMARTS) is 1. The van der Waals surface area contributed by atoms with Gasteiger partial charge in [0.1, 0.15) is 16.7 Å². The van der Waals surface area contributed by atoms with Crippen LogP contribution in [0.4, 0.5) is 0 Å². The minimum Gasteiger partial charge on any atom is -0.482 e. The maximum atomic E-state index is 12.5. The molecule has 0 bridgehead atoms. The molecule has 1 aromatic heterocycles. The van der Waals surface area contributed by atoms with Crippen LogP contribution in [0.25, 0.3) is 6.08 Å². The number of ketones is 1. The van der Waals surface area contributed by atoms with E-state index in [1.165, 1.54) is 11.3 Å². The average molecular weight is 360 g/mol. The fraction of sp³-hybridized carbons (Fsp3) is 0.125. The van der Waals surface area contributed by atoms with Crippen molar-refractivity contribution in [2.24, 2.45) is 0 Å². The number of nitrogens with one attached hydrogen (secondary N) is 1. The third kappa shape index (κ3) is 3.55.